The number of aryl methyl sites for hydroxylation is 1. The first kappa shape index (κ1) is 21.3. The van der Waals surface area contributed by atoms with Crippen LogP contribution in [0.15, 0.2) is 54.1 Å². The summed E-state index contributed by atoms with van der Waals surface area (Å²) in [6.07, 6.45) is 3.06. The van der Waals surface area contributed by atoms with E-state index in [0.29, 0.717) is 29.6 Å². The summed E-state index contributed by atoms with van der Waals surface area (Å²) in [5, 5.41) is 4.05. The summed E-state index contributed by atoms with van der Waals surface area (Å²) in [5.41, 5.74) is 0.0431. The minimum atomic E-state index is -1.05. The molecule has 31 heavy (non-hydrogen) atoms. The van der Waals surface area contributed by atoms with Crippen LogP contribution in [0.5, 0.6) is 0 Å². The molecule has 1 aliphatic heterocycles. The van der Waals surface area contributed by atoms with Crippen LogP contribution in [-0.2, 0) is 17.4 Å². The van der Waals surface area contributed by atoms with E-state index in [1.165, 1.54) is 29.1 Å². The maximum atomic E-state index is 15.0. The molecule has 0 bridgehead atoms. The Hall–Kier alpha value is -2.90. The zero-order valence-corrected chi connectivity index (χ0v) is 18.2. The summed E-state index contributed by atoms with van der Waals surface area (Å²) in [6, 6.07) is 7.78. The number of hydrogen-bond donors (Lipinski definition) is 1. The predicted octanol–water partition coefficient (Wildman–Crippen LogP) is 4.11. The van der Waals surface area contributed by atoms with Crippen LogP contribution in [0.2, 0.25) is 10.0 Å². The van der Waals surface area contributed by atoms with Gasteiger partial charge in [0.1, 0.15) is 5.82 Å². The van der Waals surface area contributed by atoms with Gasteiger partial charge in [-0.1, -0.05) is 29.8 Å². The third-order valence-corrected chi connectivity index (χ3v) is 6.38. The number of amides is 1. The van der Waals surface area contributed by atoms with E-state index in [0.717, 1.165) is 0 Å². The van der Waals surface area contributed by atoms with Crippen LogP contribution in [0.4, 0.5) is 10.1 Å². The molecule has 1 N–H and O–H groups in total. The Balaban J connectivity index is 1.85. The summed E-state index contributed by atoms with van der Waals surface area (Å²) in [7, 11) is 1.62. The van der Waals surface area contributed by atoms with E-state index >= 15 is 4.39 Å². The lowest BCUT2D eigenvalue weighted by Gasteiger charge is -2.33. The first-order valence-electron chi connectivity index (χ1n) is 9.54. The molecule has 0 saturated carbocycles. The van der Waals surface area contributed by atoms with Gasteiger partial charge in [0.2, 0.25) is 5.91 Å². The zero-order valence-electron chi connectivity index (χ0n) is 16.7. The second kappa shape index (κ2) is 7.98. The molecule has 0 spiro atoms. The molecule has 4 rings (SSSR count). The molecular formula is C22H19Cl2FN4O2. The highest BCUT2D eigenvalue weighted by molar-refractivity contribution is 6.42. The van der Waals surface area contributed by atoms with Crippen molar-refractivity contribution in [3.8, 4) is 0 Å². The number of anilines is 1. The van der Waals surface area contributed by atoms with Crippen LogP contribution in [-0.4, -0.2) is 33.4 Å². The fourth-order valence-corrected chi connectivity index (χ4v) is 4.52. The van der Waals surface area contributed by atoms with E-state index in [4.69, 9.17) is 23.2 Å². The molecule has 1 amide bonds. The van der Waals surface area contributed by atoms with Gasteiger partial charge in [0, 0.05) is 31.4 Å². The topological polar surface area (TPSA) is 67.2 Å². The molecule has 6 nitrogen and oxygen atoms in total. The van der Waals surface area contributed by atoms with Gasteiger partial charge in [0.15, 0.2) is 0 Å². The highest BCUT2D eigenvalue weighted by atomic mass is 35.5. The van der Waals surface area contributed by atoms with Crippen molar-refractivity contribution < 1.29 is 9.18 Å². The number of aromatic nitrogens is 2. The van der Waals surface area contributed by atoms with Crippen molar-refractivity contribution in [3.63, 3.8) is 0 Å². The Morgan fingerprint density at radius 2 is 2.10 bits per heavy atom. The lowest BCUT2D eigenvalue weighted by Crippen LogP contribution is -2.41. The normalized spacial score (nSPS) is 18.4. The molecule has 2 aromatic carbocycles. The Kier molecular flexibility index (Phi) is 5.49. The van der Waals surface area contributed by atoms with Gasteiger partial charge >= 0.3 is 0 Å². The maximum absolute atomic E-state index is 15.0. The number of nitrogens with one attached hydrogen (secondary N) is 1. The van der Waals surface area contributed by atoms with Crippen molar-refractivity contribution in [3.05, 3.63) is 81.1 Å². The van der Waals surface area contributed by atoms with E-state index < -0.39 is 11.4 Å². The van der Waals surface area contributed by atoms with Crippen LogP contribution < -0.4 is 10.9 Å². The van der Waals surface area contributed by atoms with Crippen molar-refractivity contribution in [2.45, 2.75) is 12.0 Å². The first-order valence-corrected chi connectivity index (χ1v) is 10.3. The van der Waals surface area contributed by atoms with E-state index in [9.17, 15) is 9.59 Å². The molecule has 160 valence electrons. The smallest absolute Gasteiger partial charge is 0.260 e. The summed E-state index contributed by atoms with van der Waals surface area (Å²) < 4.78 is 16.4. The molecule has 1 fully saturated rings. The van der Waals surface area contributed by atoms with Gasteiger partial charge < -0.3 is 14.8 Å². The highest BCUT2D eigenvalue weighted by Crippen LogP contribution is 2.43. The number of fused-ring (bicyclic) bond motifs is 1. The Labute approximate surface area is 187 Å². The molecule has 1 unspecified atom stereocenters. The van der Waals surface area contributed by atoms with Gasteiger partial charge in [0.25, 0.3) is 5.56 Å². The monoisotopic (exact) mass is 460 g/mol. The number of benzene rings is 2. The second-order valence-electron chi connectivity index (χ2n) is 7.53. The Morgan fingerprint density at radius 3 is 2.84 bits per heavy atom. The quantitative estimate of drug-likeness (QED) is 0.469. The van der Waals surface area contributed by atoms with Crippen molar-refractivity contribution in [1.29, 1.82) is 0 Å². The summed E-state index contributed by atoms with van der Waals surface area (Å²) in [5.74, 6) is -0.799. The number of carbonyl (C=O) groups is 1. The first-order chi connectivity index (χ1) is 14.8. The molecule has 1 atom stereocenters. The Morgan fingerprint density at radius 1 is 1.32 bits per heavy atom. The number of likely N-dealkylation sites (tertiary alicyclic amines) is 1. The van der Waals surface area contributed by atoms with Gasteiger partial charge in [-0.2, -0.15) is 0 Å². The third kappa shape index (κ3) is 3.68. The lowest BCUT2D eigenvalue weighted by molar-refractivity contribution is -0.125. The molecule has 3 aromatic rings. The number of carbonyl (C=O) groups excluding carboxylic acids is 1. The van der Waals surface area contributed by atoms with Gasteiger partial charge in [0.05, 0.1) is 32.8 Å². The van der Waals surface area contributed by atoms with Gasteiger partial charge in [-0.15, -0.1) is 0 Å². The number of nitrogens with zero attached hydrogens (tertiary/aromatic N) is 3. The molecule has 9 heteroatoms. The minimum Gasteiger partial charge on any atom is -0.374 e. The zero-order chi connectivity index (χ0) is 22.3. The van der Waals surface area contributed by atoms with Crippen LogP contribution in [0.25, 0.3) is 10.9 Å². The van der Waals surface area contributed by atoms with E-state index in [-0.39, 0.29) is 33.6 Å². The maximum Gasteiger partial charge on any atom is 0.260 e. The van der Waals surface area contributed by atoms with E-state index in [1.807, 2.05) is 0 Å². The van der Waals surface area contributed by atoms with Crippen LogP contribution in [0, 0.1) is 5.82 Å². The fraction of sp³-hybridized carbons (Fsp3) is 0.227. The molecule has 1 aromatic heterocycles. The van der Waals surface area contributed by atoms with Gasteiger partial charge in [-0.3, -0.25) is 9.59 Å². The average Bonchev–Trinajstić information content (AvgIpc) is 3.18. The van der Waals surface area contributed by atoms with Crippen LogP contribution in [0.1, 0.15) is 12.0 Å². The van der Waals surface area contributed by atoms with Crippen molar-refractivity contribution in [2.24, 2.45) is 7.05 Å². The van der Waals surface area contributed by atoms with Gasteiger partial charge in [-0.25, -0.2) is 9.37 Å². The number of rotatable bonds is 4. The predicted molar refractivity (Wildman–Crippen MR) is 120 cm³/mol. The SMILES string of the molecule is C=CC(=O)N1CCC(Nc2ccc3ncn(C)c(=O)c3c2)(c2c(F)ccc(Cl)c2Cl)C1. The third-order valence-electron chi connectivity index (χ3n) is 5.58. The van der Waals surface area contributed by atoms with Crippen molar-refractivity contribution >= 4 is 45.7 Å². The summed E-state index contributed by atoms with van der Waals surface area (Å²) >= 11 is 12.6. The van der Waals surface area contributed by atoms with E-state index in [2.05, 4.69) is 16.9 Å². The lowest BCUT2D eigenvalue weighted by atomic mass is 9.87. The van der Waals surface area contributed by atoms with Gasteiger partial charge in [-0.05, 0) is 42.8 Å². The average molecular weight is 461 g/mol. The van der Waals surface area contributed by atoms with Crippen LogP contribution >= 0.6 is 23.2 Å². The Bertz CT molecular complexity index is 1280. The number of halogens is 3. The van der Waals surface area contributed by atoms with Crippen molar-refractivity contribution in [1.82, 2.24) is 14.5 Å². The molecular weight excluding hydrogens is 442 g/mol. The number of hydrogen-bond acceptors (Lipinski definition) is 4. The molecule has 0 radical (unpaired) electrons. The summed E-state index contributed by atoms with van der Waals surface area (Å²) in [6.45, 7) is 4.06. The molecule has 0 aliphatic carbocycles. The van der Waals surface area contributed by atoms with Crippen molar-refractivity contribution in [2.75, 3.05) is 18.4 Å². The van der Waals surface area contributed by atoms with Crippen LogP contribution in [0.3, 0.4) is 0 Å². The summed E-state index contributed by atoms with van der Waals surface area (Å²) in [4.78, 5) is 30.6. The fourth-order valence-electron chi connectivity index (χ4n) is 4.03. The highest BCUT2D eigenvalue weighted by Gasteiger charge is 2.44. The minimum absolute atomic E-state index is 0.0837. The molecule has 2 heterocycles. The van der Waals surface area contributed by atoms with E-state index in [1.54, 1.807) is 30.1 Å². The second-order valence-corrected chi connectivity index (χ2v) is 8.32. The molecule has 1 saturated heterocycles. The standard InChI is InChI=1S/C22H19Cl2FN4O2/c1-3-18(30)29-9-8-22(11-29,19-16(25)6-5-15(23)20(19)24)27-13-4-7-17-14(10-13)21(31)28(2)12-26-17/h3-7,10,12,27H,1,8-9,11H2,2H3. The largest absolute Gasteiger partial charge is 0.374 e. The molecule has 1 aliphatic rings.